The number of aromatic nitrogens is 2. The largest absolute Gasteiger partial charge is 0.311 e. The summed E-state index contributed by atoms with van der Waals surface area (Å²) in [5.74, 6) is 0.703. The predicted molar refractivity (Wildman–Crippen MR) is 97.3 cm³/mol. The van der Waals surface area contributed by atoms with Gasteiger partial charge in [-0.05, 0) is 31.7 Å². The zero-order chi connectivity index (χ0) is 18.0. The highest BCUT2D eigenvalue weighted by atomic mass is 32.2. The molecule has 0 aliphatic carbocycles. The Hall–Kier alpha value is -2.15. The number of amides is 1. The van der Waals surface area contributed by atoms with Crippen molar-refractivity contribution in [2.24, 2.45) is 5.92 Å². The number of nitrogens with one attached hydrogen (secondary N) is 1. The molecule has 1 fully saturated rings. The molecule has 2 aromatic rings. The van der Waals surface area contributed by atoms with Gasteiger partial charge in [-0.1, -0.05) is 29.8 Å². The first-order valence-electron chi connectivity index (χ1n) is 8.41. The Kier molecular flexibility index (Phi) is 4.94. The molecule has 1 aromatic heterocycles. The van der Waals surface area contributed by atoms with Crippen molar-refractivity contribution in [1.29, 1.82) is 0 Å². The maximum absolute atomic E-state index is 12.3. The van der Waals surface area contributed by atoms with E-state index in [1.807, 2.05) is 38.1 Å². The van der Waals surface area contributed by atoms with Crippen LogP contribution in [-0.2, 0) is 21.2 Å². The number of carbonyl (C=O) groups excluding carboxylic acids is 1. The fraction of sp³-hybridized carbons (Fsp3) is 0.444. The second kappa shape index (κ2) is 7.00. The zero-order valence-electron chi connectivity index (χ0n) is 14.5. The van der Waals surface area contributed by atoms with E-state index in [0.717, 1.165) is 11.3 Å². The third-order valence-electron chi connectivity index (χ3n) is 4.39. The molecule has 0 radical (unpaired) electrons. The number of anilines is 1. The van der Waals surface area contributed by atoms with Crippen molar-refractivity contribution >= 4 is 21.6 Å². The first kappa shape index (κ1) is 17.7. The van der Waals surface area contributed by atoms with E-state index in [9.17, 15) is 13.2 Å². The lowest BCUT2D eigenvalue weighted by atomic mass is 10.1. The molecule has 1 amide bonds. The highest BCUT2D eigenvalue weighted by Crippen LogP contribution is 2.22. The third kappa shape index (κ3) is 4.69. The quantitative estimate of drug-likeness (QED) is 0.886. The molecule has 1 atom stereocenters. The monoisotopic (exact) mass is 361 g/mol. The van der Waals surface area contributed by atoms with Crippen molar-refractivity contribution in [2.45, 2.75) is 33.2 Å². The summed E-state index contributed by atoms with van der Waals surface area (Å²) in [4.78, 5) is 12.3. The number of sulfone groups is 1. The molecule has 0 spiro atoms. The molecule has 1 N–H and O–H groups in total. The first-order chi connectivity index (χ1) is 11.8. The molecule has 25 heavy (non-hydrogen) atoms. The molecule has 2 heterocycles. The van der Waals surface area contributed by atoms with Crippen molar-refractivity contribution in [3.63, 3.8) is 0 Å². The average molecular weight is 361 g/mol. The van der Waals surface area contributed by atoms with E-state index in [1.54, 1.807) is 4.68 Å². The van der Waals surface area contributed by atoms with E-state index >= 15 is 0 Å². The van der Waals surface area contributed by atoms with Crippen LogP contribution < -0.4 is 5.32 Å². The van der Waals surface area contributed by atoms with Gasteiger partial charge in [0.1, 0.15) is 5.82 Å². The maximum atomic E-state index is 12.3. The van der Waals surface area contributed by atoms with E-state index in [2.05, 4.69) is 16.5 Å². The minimum absolute atomic E-state index is 0.0840. The lowest BCUT2D eigenvalue weighted by Gasteiger charge is -2.11. The molecule has 1 aliphatic rings. The van der Waals surface area contributed by atoms with Gasteiger partial charge in [-0.15, -0.1) is 0 Å². The highest BCUT2D eigenvalue weighted by molar-refractivity contribution is 7.91. The summed E-state index contributed by atoms with van der Waals surface area (Å²) in [6.45, 7) is 4.49. The van der Waals surface area contributed by atoms with E-state index < -0.39 is 9.84 Å². The average Bonchev–Trinajstić information content (AvgIpc) is 3.01. The Labute approximate surface area is 148 Å². The minimum Gasteiger partial charge on any atom is -0.311 e. The van der Waals surface area contributed by atoms with Crippen molar-refractivity contribution < 1.29 is 13.2 Å². The Bertz CT molecular complexity index is 887. The number of benzene rings is 1. The molecule has 1 saturated heterocycles. The molecule has 6 nitrogen and oxygen atoms in total. The number of rotatable bonds is 5. The summed E-state index contributed by atoms with van der Waals surface area (Å²) in [5.41, 5.74) is 3.11. The van der Waals surface area contributed by atoms with Crippen LogP contribution in [-0.4, -0.2) is 35.6 Å². The Balaban J connectivity index is 1.67. The van der Waals surface area contributed by atoms with Gasteiger partial charge in [0.05, 0.1) is 23.7 Å². The fourth-order valence-electron chi connectivity index (χ4n) is 3.24. The van der Waals surface area contributed by atoms with Gasteiger partial charge in [-0.25, -0.2) is 13.1 Å². The van der Waals surface area contributed by atoms with Gasteiger partial charge >= 0.3 is 0 Å². The topological polar surface area (TPSA) is 81.1 Å². The normalized spacial score (nSPS) is 19.0. The predicted octanol–water partition coefficient (Wildman–Crippen LogP) is 2.31. The van der Waals surface area contributed by atoms with Gasteiger partial charge in [-0.2, -0.15) is 5.10 Å². The van der Waals surface area contributed by atoms with Gasteiger partial charge in [0, 0.05) is 12.5 Å². The van der Waals surface area contributed by atoms with Gasteiger partial charge in [0.2, 0.25) is 5.91 Å². The highest BCUT2D eigenvalue weighted by Gasteiger charge is 2.29. The molecule has 0 unspecified atom stereocenters. The van der Waals surface area contributed by atoms with E-state index in [4.69, 9.17) is 0 Å². The van der Waals surface area contributed by atoms with Crippen LogP contribution in [0, 0.1) is 19.8 Å². The van der Waals surface area contributed by atoms with Gasteiger partial charge in [0.25, 0.3) is 0 Å². The molecule has 7 heteroatoms. The first-order valence-corrected chi connectivity index (χ1v) is 10.2. The van der Waals surface area contributed by atoms with Crippen LogP contribution in [0.25, 0.3) is 0 Å². The third-order valence-corrected chi connectivity index (χ3v) is 6.22. The van der Waals surface area contributed by atoms with E-state index in [-0.39, 0.29) is 29.8 Å². The fourth-order valence-corrected chi connectivity index (χ4v) is 5.10. The number of hydrogen-bond donors (Lipinski definition) is 1. The summed E-state index contributed by atoms with van der Waals surface area (Å²) < 4.78 is 24.8. The van der Waals surface area contributed by atoms with Crippen LogP contribution in [0.4, 0.5) is 5.82 Å². The van der Waals surface area contributed by atoms with Gasteiger partial charge in [0.15, 0.2) is 9.84 Å². The van der Waals surface area contributed by atoms with Gasteiger partial charge < -0.3 is 5.32 Å². The summed E-state index contributed by atoms with van der Waals surface area (Å²) in [6.07, 6.45) is 0.797. The maximum Gasteiger partial charge on any atom is 0.225 e. The second-order valence-corrected chi connectivity index (χ2v) is 9.07. The molecule has 134 valence electrons. The van der Waals surface area contributed by atoms with Crippen molar-refractivity contribution in [2.75, 3.05) is 16.8 Å². The van der Waals surface area contributed by atoms with Crippen LogP contribution in [0.3, 0.4) is 0 Å². The van der Waals surface area contributed by atoms with E-state index in [0.29, 0.717) is 18.8 Å². The number of nitrogens with zero attached hydrogens (tertiary/aromatic N) is 2. The zero-order valence-corrected chi connectivity index (χ0v) is 15.3. The number of aryl methyl sites for hydroxylation is 2. The van der Waals surface area contributed by atoms with Crippen LogP contribution >= 0.6 is 0 Å². The molecular formula is C18H23N3O3S. The Morgan fingerprint density at radius 2 is 2.12 bits per heavy atom. The smallest absolute Gasteiger partial charge is 0.225 e. The van der Waals surface area contributed by atoms with Crippen LogP contribution in [0.1, 0.15) is 29.7 Å². The molecule has 0 saturated carbocycles. The number of hydrogen-bond acceptors (Lipinski definition) is 4. The van der Waals surface area contributed by atoms with Crippen molar-refractivity contribution in [3.05, 3.63) is 47.2 Å². The summed E-state index contributed by atoms with van der Waals surface area (Å²) in [5, 5.41) is 7.34. The molecule has 1 aliphatic heterocycles. The molecule has 0 bridgehead atoms. The molecule has 3 rings (SSSR count). The van der Waals surface area contributed by atoms with E-state index in [1.165, 1.54) is 5.56 Å². The summed E-state index contributed by atoms with van der Waals surface area (Å²) in [6, 6.07) is 9.99. The van der Waals surface area contributed by atoms with Gasteiger partial charge in [-0.3, -0.25) is 4.79 Å². The summed E-state index contributed by atoms with van der Waals surface area (Å²) >= 11 is 0. The number of carbonyl (C=O) groups is 1. The van der Waals surface area contributed by atoms with Crippen molar-refractivity contribution in [1.82, 2.24) is 9.78 Å². The van der Waals surface area contributed by atoms with Crippen LogP contribution in [0.2, 0.25) is 0 Å². The Morgan fingerprint density at radius 1 is 1.32 bits per heavy atom. The summed E-state index contributed by atoms with van der Waals surface area (Å²) in [7, 11) is -2.96. The Morgan fingerprint density at radius 3 is 2.80 bits per heavy atom. The van der Waals surface area contributed by atoms with Crippen LogP contribution in [0.15, 0.2) is 30.3 Å². The standard InChI is InChI=1S/C18H23N3O3S/c1-13-4-3-5-15(8-13)11-21-17(9-14(2)20-21)19-18(22)10-16-6-7-25(23,24)12-16/h3-5,8-9,16H,6-7,10-12H2,1-2H3,(H,19,22)/t16-/m1/s1. The molecule has 1 aromatic carbocycles. The van der Waals surface area contributed by atoms with Crippen LogP contribution in [0.5, 0.6) is 0 Å². The molecular weight excluding hydrogens is 338 g/mol. The second-order valence-electron chi connectivity index (χ2n) is 6.84. The SMILES string of the molecule is Cc1cccc(Cn2nc(C)cc2NC(=O)C[C@H]2CCS(=O)(=O)C2)c1. The van der Waals surface area contributed by atoms with Crippen molar-refractivity contribution in [3.8, 4) is 0 Å². The lowest BCUT2D eigenvalue weighted by Crippen LogP contribution is -2.19. The minimum atomic E-state index is -2.96. The lowest BCUT2D eigenvalue weighted by molar-refractivity contribution is -0.116.